The van der Waals surface area contributed by atoms with Crippen LogP contribution in [-0.4, -0.2) is 30.6 Å². The Labute approximate surface area is 180 Å². The lowest BCUT2D eigenvalue weighted by molar-refractivity contribution is 0.308. The summed E-state index contributed by atoms with van der Waals surface area (Å²) in [4.78, 5) is 8.86. The highest BCUT2D eigenvalue weighted by Gasteiger charge is 2.04. The summed E-state index contributed by atoms with van der Waals surface area (Å²) < 4.78 is 5.96. The van der Waals surface area contributed by atoms with Crippen LogP contribution in [0.4, 0.5) is 0 Å². The summed E-state index contributed by atoms with van der Waals surface area (Å²) in [5.41, 5.74) is 4.68. The minimum Gasteiger partial charge on any atom is -0.493 e. The minimum absolute atomic E-state index is 0. The van der Waals surface area contributed by atoms with Crippen molar-refractivity contribution in [3.05, 3.63) is 58.9 Å². The lowest BCUT2D eigenvalue weighted by Gasteiger charge is -2.14. The third kappa shape index (κ3) is 8.15. The molecule has 6 heteroatoms. The third-order valence-electron chi connectivity index (χ3n) is 4.10. The van der Waals surface area contributed by atoms with Crippen LogP contribution in [0.15, 0.2) is 41.5 Å². The molecule has 0 bridgehead atoms. The highest BCUT2D eigenvalue weighted by molar-refractivity contribution is 14.0. The van der Waals surface area contributed by atoms with Crippen molar-refractivity contribution in [3.63, 3.8) is 0 Å². The van der Waals surface area contributed by atoms with Crippen LogP contribution in [0, 0.1) is 20.8 Å². The SMILES string of the molecule is CCNC(=NCc1ccccn1)NCCCOc1cc(C)cc(C)c1C.I. The van der Waals surface area contributed by atoms with Crippen molar-refractivity contribution in [2.24, 2.45) is 4.99 Å². The van der Waals surface area contributed by atoms with Crippen LogP contribution in [0.5, 0.6) is 5.75 Å². The Balaban J connectivity index is 0.00000364. The van der Waals surface area contributed by atoms with Gasteiger partial charge in [0, 0.05) is 19.3 Å². The standard InChI is InChI=1S/C21H30N4O.HI/c1-5-22-21(25-15-19-9-6-7-10-23-19)24-11-8-12-26-20-14-16(2)13-17(3)18(20)4;/h6-7,9-10,13-14H,5,8,11-12,15H2,1-4H3,(H2,22,24,25);1H. The van der Waals surface area contributed by atoms with E-state index in [0.29, 0.717) is 13.2 Å². The summed E-state index contributed by atoms with van der Waals surface area (Å²) in [6, 6.07) is 10.2. The monoisotopic (exact) mass is 482 g/mol. The van der Waals surface area contributed by atoms with Gasteiger partial charge in [-0.3, -0.25) is 4.98 Å². The van der Waals surface area contributed by atoms with Crippen LogP contribution in [0.2, 0.25) is 0 Å². The number of nitrogens with zero attached hydrogens (tertiary/aromatic N) is 2. The van der Waals surface area contributed by atoms with Crippen LogP contribution in [0.25, 0.3) is 0 Å². The molecule has 0 amide bonds. The third-order valence-corrected chi connectivity index (χ3v) is 4.10. The van der Waals surface area contributed by atoms with Gasteiger partial charge in [0.15, 0.2) is 5.96 Å². The lowest BCUT2D eigenvalue weighted by atomic mass is 10.1. The van der Waals surface area contributed by atoms with Gasteiger partial charge in [0.2, 0.25) is 0 Å². The molecular weight excluding hydrogens is 451 g/mol. The summed E-state index contributed by atoms with van der Waals surface area (Å²) >= 11 is 0. The summed E-state index contributed by atoms with van der Waals surface area (Å²) in [7, 11) is 0. The van der Waals surface area contributed by atoms with E-state index in [-0.39, 0.29) is 24.0 Å². The van der Waals surface area contributed by atoms with Gasteiger partial charge in [-0.05, 0) is 69.0 Å². The molecule has 0 radical (unpaired) electrons. The fraction of sp³-hybridized carbons (Fsp3) is 0.429. The molecule has 0 aliphatic heterocycles. The predicted molar refractivity (Wildman–Crippen MR) is 123 cm³/mol. The second kappa shape index (κ2) is 12.5. The van der Waals surface area contributed by atoms with Crippen LogP contribution >= 0.6 is 24.0 Å². The average molecular weight is 482 g/mol. The Morgan fingerprint density at radius 3 is 2.67 bits per heavy atom. The average Bonchev–Trinajstić information content (AvgIpc) is 2.64. The topological polar surface area (TPSA) is 58.5 Å². The zero-order valence-corrected chi connectivity index (χ0v) is 19.0. The number of nitrogens with one attached hydrogen (secondary N) is 2. The number of aromatic nitrogens is 1. The molecule has 0 unspecified atom stereocenters. The van der Waals surface area contributed by atoms with E-state index in [1.54, 1.807) is 6.20 Å². The van der Waals surface area contributed by atoms with Crippen molar-refractivity contribution in [1.82, 2.24) is 15.6 Å². The van der Waals surface area contributed by atoms with Gasteiger partial charge in [-0.1, -0.05) is 12.1 Å². The Morgan fingerprint density at radius 1 is 1.15 bits per heavy atom. The van der Waals surface area contributed by atoms with Gasteiger partial charge in [-0.2, -0.15) is 0 Å². The number of hydrogen-bond donors (Lipinski definition) is 2. The summed E-state index contributed by atoms with van der Waals surface area (Å²) in [6.07, 6.45) is 2.69. The first kappa shape index (κ1) is 23.2. The molecule has 0 saturated heterocycles. The second-order valence-corrected chi connectivity index (χ2v) is 6.35. The normalized spacial score (nSPS) is 10.9. The van der Waals surface area contributed by atoms with Gasteiger partial charge in [0.25, 0.3) is 0 Å². The smallest absolute Gasteiger partial charge is 0.191 e. The first-order chi connectivity index (χ1) is 12.6. The van der Waals surface area contributed by atoms with Crippen molar-refractivity contribution < 1.29 is 4.74 Å². The van der Waals surface area contributed by atoms with Gasteiger partial charge in [0.1, 0.15) is 5.75 Å². The van der Waals surface area contributed by atoms with Gasteiger partial charge in [-0.15, -0.1) is 24.0 Å². The zero-order chi connectivity index (χ0) is 18.8. The van der Waals surface area contributed by atoms with Crippen LogP contribution in [0.1, 0.15) is 35.7 Å². The highest BCUT2D eigenvalue weighted by Crippen LogP contribution is 2.23. The van der Waals surface area contributed by atoms with Gasteiger partial charge in [-0.25, -0.2) is 4.99 Å². The van der Waals surface area contributed by atoms with Crippen molar-refractivity contribution in [1.29, 1.82) is 0 Å². The molecule has 2 rings (SSSR count). The maximum absolute atomic E-state index is 5.96. The molecule has 148 valence electrons. The Bertz CT molecular complexity index is 720. The minimum atomic E-state index is 0. The van der Waals surface area contributed by atoms with Crippen molar-refractivity contribution in [3.8, 4) is 5.75 Å². The fourth-order valence-electron chi connectivity index (χ4n) is 2.61. The quantitative estimate of drug-likeness (QED) is 0.257. The molecule has 2 aromatic rings. The molecule has 0 fully saturated rings. The second-order valence-electron chi connectivity index (χ2n) is 6.35. The van der Waals surface area contributed by atoms with Crippen LogP contribution in [-0.2, 0) is 6.54 Å². The summed E-state index contributed by atoms with van der Waals surface area (Å²) in [6.45, 7) is 11.3. The molecule has 0 atom stereocenters. The van der Waals surface area contributed by atoms with Crippen LogP contribution in [0.3, 0.4) is 0 Å². The number of halogens is 1. The molecule has 0 aliphatic rings. The molecule has 0 aliphatic carbocycles. The van der Waals surface area contributed by atoms with E-state index in [9.17, 15) is 0 Å². The predicted octanol–water partition coefficient (Wildman–Crippen LogP) is 4.15. The lowest BCUT2D eigenvalue weighted by Crippen LogP contribution is -2.38. The maximum atomic E-state index is 5.96. The highest BCUT2D eigenvalue weighted by atomic mass is 127. The molecule has 1 aromatic heterocycles. The van der Waals surface area contributed by atoms with E-state index in [4.69, 9.17) is 4.74 Å². The molecule has 5 nitrogen and oxygen atoms in total. The number of aliphatic imine (C=N–C) groups is 1. The van der Waals surface area contributed by atoms with Crippen molar-refractivity contribution in [2.45, 2.75) is 40.7 Å². The molecule has 2 N–H and O–H groups in total. The molecule has 27 heavy (non-hydrogen) atoms. The summed E-state index contributed by atoms with van der Waals surface area (Å²) in [5, 5.41) is 6.60. The molecule has 0 spiro atoms. The number of guanidine groups is 1. The van der Waals surface area contributed by atoms with E-state index >= 15 is 0 Å². The van der Waals surface area contributed by atoms with E-state index in [2.05, 4.69) is 60.4 Å². The van der Waals surface area contributed by atoms with Crippen molar-refractivity contribution >= 4 is 29.9 Å². The molecule has 1 heterocycles. The summed E-state index contributed by atoms with van der Waals surface area (Å²) in [5.74, 6) is 1.79. The first-order valence-electron chi connectivity index (χ1n) is 9.23. The molecule has 1 aromatic carbocycles. The maximum Gasteiger partial charge on any atom is 0.191 e. The largest absolute Gasteiger partial charge is 0.493 e. The number of benzene rings is 1. The molecule has 0 saturated carbocycles. The number of rotatable bonds is 8. The number of ether oxygens (including phenoxy) is 1. The van der Waals surface area contributed by atoms with Crippen molar-refractivity contribution in [2.75, 3.05) is 19.7 Å². The van der Waals surface area contributed by atoms with E-state index in [1.807, 2.05) is 18.2 Å². The van der Waals surface area contributed by atoms with E-state index in [1.165, 1.54) is 16.7 Å². The zero-order valence-electron chi connectivity index (χ0n) is 16.7. The Kier molecular flexibility index (Phi) is 10.8. The van der Waals surface area contributed by atoms with Crippen LogP contribution < -0.4 is 15.4 Å². The fourth-order valence-corrected chi connectivity index (χ4v) is 2.61. The van der Waals surface area contributed by atoms with Gasteiger partial charge < -0.3 is 15.4 Å². The van der Waals surface area contributed by atoms with E-state index < -0.39 is 0 Å². The Morgan fingerprint density at radius 2 is 1.96 bits per heavy atom. The van der Waals surface area contributed by atoms with Gasteiger partial charge >= 0.3 is 0 Å². The van der Waals surface area contributed by atoms with E-state index in [0.717, 1.165) is 36.9 Å². The number of pyridine rings is 1. The van der Waals surface area contributed by atoms with Gasteiger partial charge in [0.05, 0.1) is 18.8 Å². The molecular formula is C21H31IN4O. The Hall–Kier alpha value is -1.83. The number of aryl methyl sites for hydroxylation is 2. The number of hydrogen-bond acceptors (Lipinski definition) is 3. The first-order valence-corrected chi connectivity index (χ1v) is 9.23.